The predicted molar refractivity (Wildman–Crippen MR) is 76.4 cm³/mol. The van der Waals surface area contributed by atoms with E-state index in [1.54, 1.807) is 7.11 Å². The van der Waals surface area contributed by atoms with Crippen molar-refractivity contribution in [3.63, 3.8) is 0 Å². The smallest absolute Gasteiger partial charge is 0.338 e. The van der Waals surface area contributed by atoms with Crippen LogP contribution in [0.4, 0.5) is 0 Å². The number of hydrogen-bond acceptors (Lipinski definition) is 3. The average molecular weight is 264 g/mol. The first-order chi connectivity index (χ1) is 9.08. The lowest BCUT2D eigenvalue weighted by molar-refractivity contribution is -0.000771. The van der Waals surface area contributed by atoms with E-state index in [1.165, 1.54) is 0 Å². The third-order valence-corrected chi connectivity index (χ3v) is 2.98. The molecule has 3 nitrogen and oxygen atoms in total. The Bertz CT molecular complexity index is 399. The molecule has 0 saturated carbocycles. The number of hydrogen-bond donors (Lipinski definition) is 0. The van der Waals surface area contributed by atoms with E-state index < -0.39 is 0 Å². The molecule has 1 aromatic rings. The van der Waals surface area contributed by atoms with Crippen molar-refractivity contribution >= 4 is 5.97 Å². The molecule has 19 heavy (non-hydrogen) atoms. The Morgan fingerprint density at radius 2 is 1.95 bits per heavy atom. The Labute approximate surface area is 115 Å². The maximum absolute atomic E-state index is 12.2. The zero-order valence-corrected chi connectivity index (χ0v) is 12.3. The summed E-state index contributed by atoms with van der Waals surface area (Å²) in [6.45, 7) is 6.69. The number of ether oxygens (including phenoxy) is 2. The van der Waals surface area contributed by atoms with Crippen LogP contribution in [0.25, 0.3) is 0 Å². The molecule has 0 fully saturated rings. The van der Waals surface area contributed by atoms with Crippen molar-refractivity contribution in [2.24, 2.45) is 5.92 Å². The molecule has 0 heterocycles. The van der Waals surface area contributed by atoms with E-state index >= 15 is 0 Å². The Kier molecular flexibility index (Phi) is 6.57. The molecule has 1 rings (SSSR count). The normalized spacial score (nSPS) is 12.5. The van der Waals surface area contributed by atoms with E-state index in [9.17, 15) is 4.79 Å². The van der Waals surface area contributed by atoms with Crippen LogP contribution in [0, 0.1) is 5.92 Å². The van der Waals surface area contributed by atoms with Gasteiger partial charge in [0.2, 0.25) is 0 Å². The molecule has 0 aliphatic carbocycles. The van der Waals surface area contributed by atoms with Gasteiger partial charge in [-0.05, 0) is 30.4 Å². The Balaban J connectivity index is 2.75. The monoisotopic (exact) mass is 264 g/mol. The molecule has 3 heteroatoms. The SMILES string of the molecule is CCc1ccccc1C(=O)OC(COC)CC(C)C. The van der Waals surface area contributed by atoms with E-state index in [1.807, 2.05) is 31.2 Å². The zero-order chi connectivity index (χ0) is 14.3. The zero-order valence-electron chi connectivity index (χ0n) is 12.3. The highest BCUT2D eigenvalue weighted by molar-refractivity contribution is 5.91. The van der Waals surface area contributed by atoms with E-state index in [0.29, 0.717) is 18.1 Å². The minimum absolute atomic E-state index is 0.178. The minimum atomic E-state index is -0.250. The van der Waals surface area contributed by atoms with Crippen LogP contribution in [0.15, 0.2) is 24.3 Å². The van der Waals surface area contributed by atoms with Gasteiger partial charge in [0.1, 0.15) is 6.10 Å². The Morgan fingerprint density at radius 3 is 2.53 bits per heavy atom. The van der Waals surface area contributed by atoms with Crippen LogP contribution < -0.4 is 0 Å². The van der Waals surface area contributed by atoms with Crippen LogP contribution in [0.3, 0.4) is 0 Å². The maximum atomic E-state index is 12.2. The van der Waals surface area contributed by atoms with Gasteiger partial charge < -0.3 is 9.47 Å². The summed E-state index contributed by atoms with van der Waals surface area (Å²) in [5.74, 6) is 0.217. The molecule has 1 unspecified atom stereocenters. The number of methoxy groups -OCH3 is 1. The van der Waals surface area contributed by atoms with Crippen molar-refractivity contribution in [2.75, 3.05) is 13.7 Å². The molecule has 1 aromatic carbocycles. The molecule has 0 aliphatic heterocycles. The highest BCUT2D eigenvalue weighted by atomic mass is 16.6. The molecule has 0 bridgehead atoms. The summed E-state index contributed by atoms with van der Waals surface area (Å²) >= 11 is 0. The van der Waals surface area contributed by atoms with Crippen LogP contribution in [0.1, 0.15) is 43.1 Å². The topological polar surface area (TPSA) is 35.5 Å². The summed E-state index contributed by atoms with van der Waals surface area (Å²) < 4.78 is 10.7. The molecule has 106 valence electrons. The molecule has 1 atom stereocenters. The quantitative estimate of drug-likeness (QED) is 0.707. The molecule has 0 saturated heterocycles. The molecule has 0 aromatic heterocycles. The molecule has 0 aliphatic rings. The molecule has 0 radical (unpaired) electrons. The molecule has 0 N–H and O–H groups in total. The van der Waals surface area contributed by atoms with Crippen LogP contribution >= 0.6 is 0 Å². The molecule has 0 spiro atoms. The van der Waals surface area contributed by atoms with Crippen molar-refractivity contribution in [2.45, 2.75) is 39.7 Å². The summed E-state index contributed by atoms with van der Waals surface area (Å²) in [4.78, 5) is 12.2. The number of aryl methyl sites for hydroxylation is 1. The van der Waals surface area contributed by atoms with Crippen molar-refractivity contribution in [1.82, 2.24) is 0 Å². The van der Waals surface area contributed by atoms with Gasteiger partial charge in [-0.2, -0.15) is 0 Å². The lowest BCUT2D eigenvalue weighted by Crippen LogP contribution is -2.25. The van der Waals surface area contributed by atoms with E-state index in [4.69, 9.17) is 9.47 Å². The largest absolute Gasteiger partial charge is 0.456 e. The second-order valence-corrected chi connectivity index (χ2v) is 5.12. The van der Waals surface area contributed by atoms with Crippen LogP contribution in [0.2, 0.25) is 0 Å². The second-order valence-electron chi connectivity index (χ2n) is 5.12. The highest BCUT2D eigenvalue weighted by Gasteiger charge is 2.18. The van der Waals surface area contributed by atoms with Gasteiger partial charge in [0.05, 0.1) is 12.2 Å². The number of carbonyl (C=O) groups is 1. The van der Waals surface area contributed by atoms with Gasteiger partial charge in [-0.3, -0.25) is 0 Å². The van der Waals surface area contributed by atoms with E-state index in [0.717, 1.165) is 18.4 Å². The van der Waals surface area contributed by atoms with Gasteiger partial charge in [0.15, 0.2) is 0 Å². The lowest BCUT2D eigenvalue weighted by atomic mass is 10.0. The fourth-order valence-corrected chi connectivity index (χ4v) is 2.10. The molecular weight excluding hydrogens is 240 g/mol. The summed E-state index contributed by atoms with van der Waals surface area (Å²) in [6, 6.07) is 7.59. The maximum Gasteiger partial charge on any atom is 0.338 e. The number of rotatable bonds is 7. The van der Waals surface area contributed by atoms with Crippen molar-refractivity contribution in [1.29, 1.82) is 0 Å². The van der Waals surface area contributed by atoms with E-state index in [-0.39, 0.29) is 12.1 Å². The van der Waals surface area contributed by atoms with Crippen LogP contribution in [0.5, 0.6) is 0 Å². The third-order valence-electron chi connectivity index (χ3n) is 2.98. The number of carbonyl (C=O) groups excluding carboxylic acids is 1. The average Bonchev–Trinajstić information content (AvgIpc) is 2.38. The van der Waals surface area contributed by atoms with E-state index in [2.05, 4.69) is 13.8 Å². The van der Waals surface area contributed by atoms with Crippen molar-refractivity contribution in [3.05, 3.63) is 35.4 Å². The first-order valence-corrected chi connectivity index (χ1v) is 6.86. The summed E-state index contributed by atoms with van der Waals surface area (Å²) in [5.41, 5.74) is 1.68. The van der Waals surface area contributed by atoms with Gasteiger partial charge in [0, 0.05) is 7.11 Å². The highest BCUT2D eigenvalue weighted by Crippen LogP contribution is 2.15. The van der Waals surface area contributed by atoms with Gasteiger partial charge >= 0.3 is 5.97 Å². The fraction of sp³-hybridized carbons (Fsp3) is 0.562. The Hall–Kier alpha value is -1.35. The van der Waals surface area contributed by atoms with Gasteiger partial charge in [-0.15, -0.1) is 0 Å². The minimum Gasteiger partial charge on any atom is -0.456 e. The summed E-state index contributed by atoms with van der Waals surface area (Å²) in [7, 11) is 1.63. The number of esters is 1. The number of benzene rings is 1. The molecule has 0 amide bonds. The summed E-state index contributed by atoms with van der Waals surface area (Å²) in [6.07, 6.45) is 1.46. The van der Waals surface area contributed by atoms with Crippen LogP contribution in [-0.2, 0) is 15.9 Å². The molecular formula is C16H24O3. The van der Waals surface area contributed by atoms with Crippen molar-refractivity contribution < 1.29 is 14.3 Å². The first kappa shape index (κ1) is 15.7. The van der Waals surface area contributed by atoms with Gasteiger partial charge in [0.25, 0.3) is 0 Å². The third kappa shape index (κ3) is 5.03. The summed E-state index contributed by atoms with van der Waals surface area (Å²) in [5, 5.41) is 0. The lowest BCUT2D eigenvalue weighted by Gasteiger charge is -2.19. The Morgan fingerprint density at radius 1 is 1.26 bits per heavy atom. The van der Waals surface area contributed by atoms with Crippen LogP contribution in [-0.4, -0.2) is 25.8 Å². The van der Waals surface area contributed by atoms with Gasteiger partial charge in [-0.1, -0.05) is 39.0 Å². The fourth-order valence-electron chi connectivity index (χ4n) is 2.10. The second kappa shape index (κ2) is 7.95. The van der Waals surface area contributed by atoms with Crippen molar-refractivity contribution in [3.8, 4) is 0 Å². The first-order valence-electron chi connectivity index (χ1n) is 6.86. The standard InChI is InChI=1S/C16H24O3/c1-5-13-8-6-7-9-15(13)16(17)19-14(11-18-4)10-12(2)3/h6-9,12,14H,5,10-11H2,1-4H3. The predicted octanol–water partition coefficient (Wildman–Crippen LogP) is 3.47. The van der Waals surface area contributed by atoms with Gasteiger partial charge in [-0.25, -0.2) is 4.79 Å².